The molecular weight excluding hydrogens is 511 g/mol. The van der Waals surface area contributed by atoms with Crippen LogP contribution >= 0.6 is 11.3 Å². The summed E-state index contributed by atoms with van der Waals surface area (Å²) in [7, 11) is 3.09. The van der Waals surface area contributed by atoms with E-state index >= 15 is 0 Å². The molecule has 3 aromatic heterocycles. The van der Waals surface area contributed by atoms with Gasteiger partial charge in [0.2, 0.25) is 5.13 Å². The quantitative estimate of drug-likeness (QED) is 0.375. The van der Waals surface area contributed by atoms with Crippen LogP contribution in [0, 0.1) is 6.92 Å². The molecule has 0 unspecified atom stereocenters. The van der Waals surface area contributed by atoms with Gasteiger partial charge in [0.15, 0.2) is 0 Å². The standard InChI is InChI=1S/C24H20F3N5O4S/c1-13-4-7-19(35-3)16(8-13)18-11-32(2)20(33)9-17(18)21(34)29-22-30-31-23(37-22)36-12-15-6-5-14(10-28-15)24(25,26)27/h4-11H,12H2,1-3H3,(H,29,30,34). The summed E-state index contributed by atoms with van der Waals surface area (Å²) < 4.78 is 50.3. The summed E-state index contributed by atoms with van der Waals surface area (Å²) in [5, 5.41) is 10.5. The van der Waals surface area contributed by atoms with Crippen molar-refractivity contribution in [2.75, 3.05) is 12.4 Å². The summed E-state index contributed by atoms with van der Waals surface area (Å²) >= 11 is 0.909. The van der Waals surface area contributed by atoms with Crippen LogP contribution in [-0.4, -0.2) is 32.8 Å². The molecule has 0 atom stereocenters. The Kier molecular flexibility index (Phi) is 7.25. The first-order chi connectivity index (χ1) is 17.5. The first-order valence-corrected chi connectivity index (χ1v) is 11.5. The molecule has 13 heteroatoms. The minimum Gasteiger partial charge on any atom is -0.496 e. The fraction of sp³-hybridized carbons (Fsp3) is 0.208. The first kappa shape index (κ1) is 25.8. The monoisotopic (exact) mass is 531 g/mol. The van der Waals surface area contributed by atoms with Gasteiger partial charge in [-0.3, -0.25) is 19.9 Å². The Morgan fingerprint density at radius 2 is 1.92 bits per heavy atom. The van der Waals surface area contributed by atoms with Crippen molar-refractivity contribution in [3.63, 3.8) is 0 Å². The van der Waals surface area contributed by atoms with Crippen molar-refractivity contribution >= 4 is 22.4 Å². The maximum atomic E-state index is 13.2. The Labute approximate surface area is 212 Å². The van der Waals surface area contributed by atoms with Gasteiger partial charge in [0.25, 0.3) is 16.7 Å². The molecular formula is C24H20F3N5O4S. The highest BCUT2D eigenvalue weighted by atomic mass is 32.1. The second-order valence-electron chi connectivity index (χ2n) is 7.91. The average molecular weight is 532 g/mol. The van der Waals surface area contributed by atoms with Crippen molar-refractivity contribution in [1.29, 1.82) is 0 Å². The number of halogens is 3. The number of nitrogens with one attached hydrogen (secondary N) is 1. The molecule has 192 valence electrons. The van der Waals surface area contributed by atoms with Gasteiger partial charge in [-0.05, 0) is 42.5 Å². The van der Waals surface area contributed by atoms with Crippen molar-refractivity contribution in [1.82, 2.24) is 19.7 Å². The number of aromatic nitrogens is 4. The van der Waals surface area contributed by atoms with Gasteiger partial charge in [-0.1, -0.05) is 16.7 Å². The lowest BCUT2D eigenvalue weighted by Crippen LogP contribution is -2.21. The molecule has 0 bridgehead atoms. The molecule has 9 nitrogen and oxygen atoms in total. The van der Waals surface area contributed by atoms with Crippen LogP contribution in [0.4, 0.5) is 18.3 Å². The molecule has 4 aromatic rings. The number of amides is 1. The fourth-order valence-corrected chi connectivity index (χ4v) is 3.95. The summed E-state index contributed by atoms with van der Waals surface area (Å²) in [6.45, 7) is 1.75. The molecule has 4 rings (SSSR count). The van der Waals surface area contributed by atoms with Gasteiger partial charge in [-0.15, -0.1) is 5.10 Å². The fourth-order valence-electron chi connectivity index (χ4n) is 3.36. The predicted molar refractivity (Wildman–Crippen MR) is 130 cm³/mol. The average Bonchev–Trinajstić information content (AvgIpc) is 3.31. The molecule has 0 spiro atoms. The smallest absolute Gasteiger partial charge is 0.417 e. The third-order valence-corrected chi connectivity index (χ3v) is 5.99. The van der Waals surface area contributed by atoms with Gasteiger partial charge in [-0.2, -0.15) is 13.2 Å². The Morgan fingerprint density at radius 1 is 1.14 bits per heavy atom. The summed E-state index contributed by atoms with van der Waals surface area (Å²) in [4.78, 5) is 29.2. The van der Waals surface area contributed by atoms with E-state index in [4.69, 9.17) is 9.47 Å². The van der Waals surface area contributed by atoms with Gasteiger partial charge >= 0.3 is 6.18 Å². The van der Waals surface area contributed by atoms with E-state index in [0.717, 1.165) is 29.2 Å². The zero-order valence-electron chi connectivity index (χ0n) is 19.8. The van der Waals surface area contributed by atoms with E-state index in [9.17, 15) is 22.8 Å². The lowest BCUT2D eigenvalue weighted by Gasteiger charge is -2.14. The first-order valence-electron chi connectivity index (χ1n) is 10.7. The highest BCUT2D eigenvalue weighted by Crippen LogP contribution is 2.33. The molecule has 0 aliphatic rings. The van der Waals surface area contributed by atoms with Crippen LogP contribution in [-0.2, 0) is 19.8 Å². The number of pyridine rings is 2. The number of benzene rings is 1. The summed E-state index contributed by atoms with van der Waals surface area (Å²) in [5.74, 6) is -0.0647. The van der Waals surface area contributed by atoms with Gasteiger partial charge in [0, 0.05) is 36.6 Å². The molecule has 0 aliphatic heterocycles. The molecule has 0 aliphatic carbocycles. The SMILES string of the molecule is COc1ccc(C)cc1-c1cn(C)c(=O)cc1C(=O)Nc1nnc(OCc2ccc(C(F)(F)F)cn2)s1. The lowest BCUT2D eigenvalue weighted by atomic mass is 9.98. The van der Waals surface area contributed by atoms with E-state index < -0.39 is 17.6 Å². The minimum atomic E-state index is -4.48. The molecule has 0 radical (unpaired) electrons. The third kappa shape index (κ3) is 5.94. The molecule has 1 aromatic carbocycles. The van der Waals surface area contributed by atoms with Gasteiger partial charge < -0.3 is 14.0 Å². The summed E-state index contributed by atoms with van der Waals surface area (Å²) in [6, 6.07) is 8.82. The maximum absolute atomic E-state index is 13.2. The molecule has 0 saturated heterocycles. The van der Waals surface area contributed by atoms with E-state index in [2.05, 4.69) is 20.5 Å². The third-order valence-electron chi connectivity index (χ3n) is 5.24. The summed E-state index contributed by atoms with van der Waals surface area (Å²) in [6.07, 6.45) is -2.21. The number of methoxy groups -OCH3 is 1. The zero-order chi connectivity index (χ0) is 26.7. The van der Waals surface area contributed by atoms with E-state index in [1.54, 1.807) is 19.3 Å². The van der Waals surface area contributed by atoms with Crippen LogP contribution in [0.2, 0.25) is 0 Å². The Balaban J connectivity index is 1.52. The normalized spacial score (nSPS) is 11.3. The molecule has 37 heavy (non-hydrogen) atoms. The number of carbonyl (C=O) groups is 1. The number of hydrogen-bond donors (Lipinski definition) is 1. The number of rotatable bonds is 7. The summed E-state index contributed by atoms with van der Waals surface area (Å²) in [5.41, 5.74) is 1.17. The van der Waals surface area contributed by atoms with Crippen molar-refractivity contribution in [2.45, 2.75) is 19.7 Å². The number of aryl methyl sites for hydroxylation is 2. The number of alkyl halides is 3. The Bertz CT molecular complexity index is 1500. The molecule has 1 N–H and O–H groups in total. The maximum Gasteiger partial charge on any atom is 0.417 e. The lowest BCUT2D eigenvalue weighted by molar-refractivity contribution is -0.137. The van der Waals surface area contributed by atoms with E-state index in [1.165, 1.54) is 23.8 Å². The molecule has 0 fully saturated rings. The molecule has 3 heterocycles. The van der Waals surface area contributed by atoms with Crippen molar-refractivity contribution in [2.24, 2.45) is 7.05 Å². The largest absolute Gasteiger partial charge is 0.496 e. The van der Waals surface area contributed by atoms with Gasteiger partial charge in [0.1, 0.15) is 12.4 Å². The van der Waals surface area contributed by atoms with Crippen molar-refractivity contribution < 1.29 is 27.4 Å². The van der Waals surface area contributed by atoms with E-state index in [1.807, 2.05) is 19.1 Å². The van der Waals surface area contributed by atoms with Crippen LogP contribution in [0.5, 0.6) is 10.9 Å². The highest BCUT2D eigenvalue weighted by Gasteiger charge is 2.30. The number of hydrogen-bond acceptors (Lipinski definition) is 8. The Hall–Kier alpha value is -4.26. The second kappa shape index (κ2) is 10.4. The second-order valence-corrected chi connectivity index (χ2v) is 8.85. The van der Waals surface area contributed by atoms with Crippen LogP contribution < -0.4 is 20.3 Å². The van der Waals surface area contributed by atoms with Crippen molar-refractivity contribution in [3.05, 3.63) is 81.5 Å². The molecule has 1 amide bonds. The van der Waals surface area contributed by atoms with Crippen LogP contribution in [0.3, 0.4) is 0 Å². The van der Waals surface area contributed by atoms with Crippen LogP contribution in [0.15, 0.2) is 53.6 Å². The van der Waals surface area contributed by atoms with Gasteiger partial charge in [-0.25, -0.2) is 0 Å². The van der Waals surface area contributed by atoms with Crippen molar-refractivity contribution in [3.8, 4) is 22.1 Å². The van der Waals surface area contributed by atoms with Crippen LogP contribution in [0.25, 0.3) is 11.1 Å². The minimum absolute atomic E-state index is 0.0709. The van der Waals surface area contributed by atoms with Gasteiger partial charge in [0.05, 0.1) is 23.9 Å². The zero-order valence-corrected chi connectivity index (χ0v) is 20.6. The number of anilines is 1. The number of nitrogens with zero attached hydrogens (tertiary/aromatic N) is 4. The number of ether oxygens (including phenoxy) is 2. The van der Waals surface area contributed by atoms with E-state index in [-0.39, 0.29) is 33.7 Å². The highest BCUT2D eigenvalue weighted by molar-refractivity contribution is 7.17. The van der Waals surface area contributed by atoms with E-state index in [0.29, 0.717) is 16.9 Å². The number of carbonyl (C=O) groups excluding carboxylic acids is 1. The van der Waals surface area contributed by atoms with Crippen LogP contribution in [0.1, 0.15) is 27.2 Å². The Morgan fingerprint density at radius 3 is 2.59 bits per heavy atom. The molecule has 0 saturated carbocycles. The predicted octanol–water partition coefficient (Wildman–Crippen LogP) is 4.47. The topological polar surface area (TPSA) is 108 Å².